The topological polar surface area (TPSA) is 43.1 Å². The van der Waals surface area contributed by atoms with Gasteiger partial charge in [-0.15, -0.1) is 0 Å². The van der Waals surface area contributed by atoms with Gasteiger partial charge < -0.3 is 0 Å². The van der Waals surface area contributed by atoms with Gasteiger partial charge in [0.05, 0.1) is 4.92 Å². The second-order valence-corrected chi connectivity index (χ2v) is 2.24. The molecule has 0 radical (unpaired) electrons. The van der Waals surface area contributed by atoms with Gasteiger partial charge in [0, 0.05) is 11.6 Å². The summed E-state index contributed by atoms with van der Waals surface area (Å²) in [6.45, 7) is 0. The first-order chi connectivity index (χ1) is 6.11. The van der Waals surface area contributed by atoms with E-state index in [0.29, 0.717) is 6.20 Å². The largest absolute Gasteiger partial charge is 0.259 e. The second kappa shape index (κ2) is 3.75. The van der Waals surface area contributed by atoms with Gasteiger partial charge >= 0.3 is 0 Å². The van der Waals surface area contributed by atoms with Gasteiger partial charge in [-0.25, -0.2) is 8.78 Å². The molecule has 0 fully saturated rings. The van der Waals surface area contributed by atoms with Crippen molar-refractivity contribution in [1.29, 1.82) is 0 Å². The molecule has 13 heavy (non-hydrogen) atoms. The van der Waals surface area contributed by atoms with E-state index in [0.717, 1.165) is 12.1 Å². The van der Waals surface area contributed by atoms with Crippen LogP contribution in [0.1, 0.15) is 5.56 Å². The van der Waals surface area contributed by atoms with Crippen LogP contribution in [0.3, 0.4) is 0 Å². The molecular formula is C8H5F2NO2. The van der Waals surface area contributed by atoms with Crippen LogP contribution >= 0.6 is 0 Å². The van der Waals surface area contributed by atoms with Gasteiger partial charge in [0.2, 0.25) is 6.20 Å². The quantitative estimate of drug-likeness (QED) is 0.523. The fraction of sp³-hybridized carbons (Fsp3) is 0. The molecule has 0 unspecified atom stereocenters. The van der Waals surface area contributed by atoms with Gasteiger partial charge in [-0.3, -0.25) is 10.1 Å². The highest BCUT2D eigenvalue weighted by Crippen LogP contribution is 2.12. The number of rotatable bonds is 2. The third-order valence-electron chi connectivity index (χ3n) is 1.36. The van der Waals surface area contributed by atoms with Crippen LogP contribution < -0.4 is 0 Å². The molecular weight excluding hydrogens is 180 g/mol. The number of halogens is 2. The highest BCUT2D eigenvalue weighted by Gasteiger charge is 2.04. The molecule has 0 aromatic heterocycles. The third kappa shape index (κ3) is 2.33. The highest BCUT2D eigenvalue weighted by molar-refractivity contribution is 5.48. The van der Waals surface area contributed by atoms with Crippen LogP contribution in [0.2, 0.25) is 0 Å². The predicted molar refractivity (Wildman–Crippen MR) is 42.4 cm³/mol. The van der Waals surface area contributed by atoms with Crippen LogP contribution in [0.4, 0.5) is 8.78 Å². The van der Waals surface area contributed by atoms with Gasteiger partial charge in [-0.1, -0.05) is 12.1 Å². The second-order valence-electron chi connectivity index (χ2n) is 2.24. The summed E-state index contributed by atoms with van der Waals surface area (Å²) in [5.74, 6) is -2.11. The first-order valence-corrected chi connectivity index (χ1v) is 3.37. The van der Waals surface area contributed by atoms with Crippen molar-refractivity contribution in [3.63, 3.8) is 0 Å². The molecule has 1 aromatic carbocycles. The number of hydrogen-bond acceptors (Lipinski definition) is 2. The van der Waals surface area contributed by atoms with Crippen LogP contribution in [-0.2, 0) is 0 Å². The predicted octanol–water partition coefficient (Wildman–Crippen LogP) is 2.21. The first kappa shape index (κ1) is 9.31. The molecule has 0 spiro atoms. The summed E-state index contributed by atoms with van der Waals surface area (Å²) in [5, 5.41) is 9.87. The zero-order chi connectivity index (χ0) is 9.84. The Morgan fingerprint density at radius 1 is 1.38 bits per heavy atom. The Morgan fingerprint density at radius 2 is 2.08 bits per heavy atom. The van der Waals surface area contributed by atoms with E-state index in [1.54, 1.807) is 0 Å². The van der Waals surface area contributed by atoms with Crippen molar-refractivity contribution in [2.75, 3.05) is 0 Å². The van der Waals surface area contributed by atoms with Crippen molar-refractivity contribution in [2.45, 2.75) is 0 Å². The zero-order valence-electron chi connectivity index (χ0n) is 6.41. The Bertz CT molecular complexity index is 363. The summed E-state index contributed by atoms with van der Waals surface area (Å²) in [6.07, 6.45) is 1.45. The lowest BCUT2D eigenvalue weighted by atomic mass is 10.2. The van der Waals surface area contributed by atoms with Crippen molar-refractivity contribution in [3.05, 3.63) is 51.7 Å². The Labute approximate surface area is 72.5 Å². The van der Waals surface area contributed by atoms with Gasteiger partial charge in [-0.05, 0) is 6.07 Å². The molecule has 0 atom stereocenters. The molecule has 1 rings (SSSR count). The molecule has 0 saturated carbocycles. The maximum absolute atomic E-state index is 12.8. The van der Waals surface area contributed by atoms with Crippen LogP contribution in [0.15, 0.2) is 24.4 Å². The van der Waals surface area contributed by atoms with Crippen molar-refractivity contribution in [1.82, 2.24) is 0 Å². The molecule has 0 amide bonds. The van der Waals surface area contributed by atoms with Crippen molar-refractivity contribution < 1.29 is 13.7 Å². The molecule has 0 bridgehead atoms. The lowest BCUT2D eigenvalue weighted by molar-refractivity contribution is -0.400. The number of nitrogens with zero attached hydrogens (tertiary/aromatic N) is 1. The van der Waals surface area contributed by atoms with Gasteiger partial charge in [0.15, 0.2) is 11.6 Å². The summed E-state index contributed by atoms with van der Waals surface area (Å²) in [6, 6.07) is 3.47. The minimum absolute atomic E-state index is 0.142. The molecule has 1 aromatic rings. The Morgan fingerprint density at radius 3 is 2.69 bits per heavy atom. The fourth-order valence-corrected chi connectivity index (χ4v) is 0.790. The standard InChI is InChI=1S/C8H5F2NO2/c9-7-3-1-2-6(8(7)10)4-5-11(12)13/h1-5H/b5-4+. The smallest absolute Gasteiger partial charge is 0.235 e. The monoisotopic (exact) mass is 185 g/mol. The first-order valence-electron chi connectivity index (χ1n) is 3.37. The van der Waals surface area contributed by atoms with Gasteiger partial charge in [0.1, 0.15) is 0 Å². The molecule has 0 N–H and O–H groups in total. The third-order valence-corrected chi connectivity index (χ3v) is 1.36. The van der Waals surface area contributed by atoms with E-state index in [9.17, 15) is 18.9 Å². The SMILES string of the molecule is O=[N+]([O-])/C=C/c1cccc(F)c1F. The molecule has 5 heteroatoms. The van der Waals surface area contributed by atoms with Crippen molar-refractivity contribution in [3.8, 4) is 0 Å². The van der Waals surface area contributed by atoms with Crippen LogP contribution in [0.5, 0.6) is 0 Å². The van der Waals surface area contributed by atoms with Crippen molar-refractivity contribution in [2.24, 2.45) is 0 Å². The summed E-state index contributed by atoms with van der Waals surface area (Å²) in [4.78, 5) is 9.13. The molecule has 68 valence electrons. The van der Waals surface area contributed by atoms with E-state index in [1.807, 2.05) is 0 Å². The Kier molecular flexibility index (Phi) is 2.69. The van der Waals surface area contributed by atoms with Gasteiger partial charge in [0.25, 0.3) is 0 Å². The van der Waals surface area contributed by atoms with E-state index in [1.165, 1.54) is 12.1 Å². The maximum atomic E-state index is 12.8. The van der Waals surface area contributed by atoms with Crippen LogP contribution in [0, 0.1) is 21.7 Å². The zero-order valence-corrected chi connectivity index (χ0v) is 6.41. The lowest BCUT2D eigenvalue weighted by Gasteiger charge is -1.95. The molecule has 0 heterocycles. The number of hydrogen-bond donors (Lipinski definition) is 0. The normalized spacial score (nSPS) is 10.6. The summed E-state index contributed by atoms with van der Waals surface area (Å²) >= 11 is 0. The Balaban J connectivity index is 3.02. The fourth-order valence-electron chi connectivity index (χ4n) is 0.790. The van der Waals surface area contributed by atoms with Gasteiger partial charge in [-0.2, -0.15) is 0 Å². The van der Waals surface area contributed by atoms with Crippen LogP contribution in [0.25, 0.3) is 6.08 Å². The average Bonchev–Trinajstić information content (AvgIpc) is 2.07. The summed E-state index contributed by atoms with van der Waals surface area (Å²) in [5.41, 5.74) is -0.142. The average molecular weight is 185 g/mol. The van der Waals surface area contributed by atoms with E-state index in [4.69, 9.17) is 0 Å². The summed E-state index contributed by atoms with van der Waals surface area (Å²) < 4.78 is 25.3. The molecule has 3 nitrogen and oxygen atoms in total. The van der Waals surface area contributed by atoms with E-state index in [-0.39, 0.29) is 5.56 Å². The minimum Gasteiger partial charge on any atom is -0.259 e. The molecule has 0 saturated heterocycles. The molecule has 0 aliphatic carbocycles. The van der Waals surface area contributed by atoms with Crippen LogP contribution in [-0.4, -0.2) is 4.92 Å². The molecule has 0 aliphatic heterocycles. The van der Waals surface area contributed by atoms with Crippen molar-refractivity contribution >= 4 is 6.08 Å². The van der Waals surface area contributed by atoms with E-state index in [2.05, 4.69) is 0 Å². The van der Waals surface area contributed by atoms with E-state index < -0.39 is 16.6 Å². The number of benzene rings is 1. The highest BCUT2D eigenvalue weighted by atomic mass is 19.2. The Hall–Kier alpha value is -1.78. The maximum Gasteiger partial charge on any atom is 0.235 e. The van der Waals surface area contributed by atoms with E-state index >= 15 is 0 Å². The minimum atomic E-state index is -1.08. The summed E-state index contributed by atoms with van der Waals surface area (Å²) in [7, 11) is 0. The molecule has 0 aliphatic rings. The number of nitro groups is 1. The lowest BCUT2D eigenvalue weighted by Crippen LogP contribution is -1.89.